The van der Waals surface area contributed by atoms with E-state index in [4.69, 9.17) is 8.83 Å². The molecule has 4 rings (SSSR count). The van der Waals surface area contributed by atoms with Crippen LogP contribution in [0.4, 0.5) is 20.6 Å². The summed E-state index contributed by atoms with van der Waals surface area (Å²) in [6, 6.07) is 15.4. The number of amides is 3. The second-order valence-corrected chi connectivity index (χ2v) is 6.79. The first kappa shape index (κ1) is 20.9. The molecule has 4 aromatic rings. The monoisotopic (exact) mass is 434 g/mol. The zero-order valence-electron chi connectivity index (χ0n) is 16.8. The molecule has 0 aliphatic carbocycles. The Bertz CT molecular complexity index is 1190. The van der Waals surface area contributed by atoms with Crippen molar-refractivity contribution in [3.8, 4) is 11.5 Å². The zero-order chi connectivity index (χ0) is 22.3. The molecule has 2 heterocycles. The molecule has 2 aromatic carbocycles. The minimum absolute atomic E-state index is 0.212. The molecule has 0 saturated heterocycles. The Morgan fingerprint density at radius 3 is 2.31 bits per heavy atom. The molecule has 0 fully saturated rings. The van der Waals surface area contributed by atoms with Gasteiger partial charge in [-0.25, -0.2) is 14.2 Å². The molecule has 0 bridgehead atoms. The van der Waals surface area contributed by atoms with Crippen molar-refractivity contribution >= 4 is 23.3 Å². The van der Waals surface area contributed by atoms with Gasteiger partial charge in [-0.2, -0.15) is 0 Å². The number of rotatable bonds is 7. The van der Waals surface area contributed by atoms with E-state index >= 15 is 0 Å². The molecule has 32 heavy (non-hydrogen) atoms. The van der Waals surface area contributed by atoms with Crippen LogP contribution in [-0.2, 0) is 6.42 Å². The van der Waals surface area contributed by atoms with Gasteiger partial charge in [0.2, 0.25) is 5.89 Å². The van der Waals surface area contributed by atoms with Gasteiger partial charge in [-0.05, 0) is 60.7 Å². The number of nitrogens with one attached hydrogen (secondary N) is 3. The highest BCUT2D eigenvalue weighted by molar-refractivity contribution is 6.02. The summed E-state index contributed by atoms with van der Waals surface area (Å²) in [6.45, 7) is 0.346. The molecule has 0 unspecified atom stereocenters. The molecule has 0 atom stereocenters. The number of nitrogens with zero attached hydrogens (tertiary/aromatic N) is 1. The summed E-state index contributed by atoms with van der Waals surface area (Å²) in [5.74, 6) is -0.0833. The van der Waals surface area contributed by atoms with E-state index < -0.39 is 0 Å². The number of carbonyl (C=O) groups excluding carboxylic acids is 2. The third kappa shape index (κ3) is 5.39. The molecule has 0 saturated carbocycles. The van der Waals surface area contributed by atoms with Crippen LogP contribution in [0.3, 0.4) is 0 Å². The Morgan fingerprint density at radius 2 is 1.62 bits per heavy atom. The highest BCUT2D eigenvalue weighted by Crippen LogP contribution is 2.19. The Morgan fingerprint density at radius 1 is 0.906 bits per heavy atom. The third-order valence-corrected chi connectivity index (χ3v) is 4.46. The number of anilines is 2. The lowest BCUT2D eigenvalue weighted by Gasteiger charge is -2.08. The van der Waals surface area contributed by atoms with Crippen LogP contribution in [0.2, 0.25) is 0 Å². The first-order valence-electron chi connectivity index (χ1n) is 9.77. The summed E-state index contributed by atoms with van der Waals surface area (Å²) < 4.78 is 23.5. The van der Waals surface area contributed by atoms with Crippen molar-refractivity contribution in [1.29, 1.82) is 0 Å². The summed E-state index contributed by atoms with van der Waals surface area (Å²) in [5.41, 5.74) is 2.48. The number of benzene rings is 2. The van der Waals surface area contributed by atoms with Crippen molar-refractivity contribution < 1.29 is 22.8 Å². The number of hydrogen-bond donors (Lipinski definition) is 3. The fraction of sp³-hybridized carbons (Fsp3) is 0.0870. The van der Waals surface area contributed by atoms with Crippen molar-refractivity contribution in [2.45, 2.75) is 6.42 Å². The largest absolute Gasteiger partial charge is 0.459 e. The molecule has 0 radical (unpaired) electrons. The third-order valence-electron chi connectivity index (χ3n) is 4.46. The molecule has 3 N–H and O–H groups in total. The summed E-state index contributed by atoms with van der Waals surface area (Å²) in [7, 11) is 0. The van der Waals surface area contributed by atoms with E-state index in [0.29, 0.717) is 41.5 Å². The van der Waals surface area contributed by atoms with Crippen LogP contribution in [0.15, 0.2) is 82.0 Å². The predicted octanol–water partition coefficient (Wildman–Crippen LogP) is 4.69. The Kier molecular flexibility index (Phi) is 6.26. The lowest BCUT2D eigenvalue weighted by atomic mass is 10.2. The van der Waals surface area contributed by atoms with E-state index in [9.17, 15) is 14.0 Å². The second-order valence-electron chi connectivity index (χ2n) is 6.79. The standard InChI is InChI=1S/C23H19FN4O4/c24-16-5-3-15(4-6-16)22-27-19(14-32-22)11-12-25-23(30)28-18-9-7-17(8-10-18)26-21(29)20-2-1-13-31-20/h1-10,13-14H,11-12H2,(H,26,29)(H2,25,28,30). The van der Waals surface area contributed by atoms with E-state index in [1.54, 1.807) is 48.5 Å². The van der Waals surface area contributed by atoms with E-state index in [0.717, 1.165) is 0 Å². The van der Waals surface area contributed by atoms with Gasteiger partial charge < -0.3 is 24.8 Å². The average Bonchev–Trinajstić information content (AvgIpc) is 3.48. The molecule has 162 valence electrons. The minimum atomic E-state index is -0.375. The van der Waals surface area contributed by atoms with Gasteiger partial charge in [-0.15, -0.1) is 0 Å². The average molecular weight is 434 g/mol. The van der Waals surface area contributed by atoms with E-state index in [1.807, 2.05) is 0 Å². The van der Waals surface area contributed by atoms with E-state index in [-0.39, 0.29) is 23.5 Å². The first-order valence-corrected chi connectivity index (χ1v) is 9.77. The van der Waals surface area contributed by atoms with Crippen LogP contribution in [-0.4, -0.2) is 23.5 Å². The highest BCUT2D eigenvalue weighted by atomic mass is 19.1. The molecule has 0 aliphatic heterocycles. The van der Waals surface area contributed by atoms with E-state index in [1.165, 1.54) is 24.7 Å². The molecule has 2 aromatic heterocycles. The lowest BCUT2D eigenvalue weighted by Crippen LogP contribution is -2.30. The number of halogens is 1. The number of furan rings is 1. The van der Waals surface area contributed by atoms with Crippen molar-refractivity contribution in [2.24, 2.45) is 0 Å². The van der Waals surface area contributed by atoms with Gasteiger partial charge in [0.05, 0.1) is 12.0 Å². The Hall–Kier alpha value is -4.40. The lowest BCUT2D eigenvalue weighted by molar-refractivity contribution is 0.0996. The van der Waals surface area contributed by atoms with Gasteiger partial charge in [0.1, 0.15) is 12.1 Å². The van der Waals surface area contributed by atoms with Crippen LogP contribution in [0.5, 0.6) is 0 Å². The summed E-state index contributed by atoms with van der Waals surface area (Å²) in [5, 5.41) is 8.15. The van der Waals surface area contributed by atoms with Gasteiger partial charge in [-0.3, -0.25) is 4.79 Å². The van der Waals surface area contributed by atoms with Crippen LogP contribution in [0.1, 0.15) is 16.2 Å². The fourth-order valence-corrected chi connectivity index (χ4v) is 2.86. The van der Waals surface area contributed by atoms with Crippen LogP contribution in [0.25, 0.3) is 11.5 Å². The fourth-order valence-electron chi connectivity index (χ4n) is 2.86. The van der Waals surface area contributed by atoms with Crippen molar-refractivity contribution in [2.75, 3.05) is 17.2 Å². The van der Waals surface area contributed by atoms with Crippen LogP contribution in [0, 0.1) is 5.82 Å². The summed E-state index contributed by atoms with van der Waals surface area (Å²) in [4.78, 5) is 28.4. The van der Waals surface area contributed by atoms with Gasteiger partial charge in [0.15, 0.2) is 5.76 Å². The van der Waals surface area contributed by atoms with Gasteiger partial charge >= 0.3 is 6.03 Å². The van der Waals surface area contributed by atoms with Crippen LogP contribution < -0.4 is 16.0 Å². The smallest absolute Gasteiger partial charge is 0.319 e. The topological polar surface area (TPSA) is 109 Å². The Labute approximate surface area is 182 Å². The van der Waals surface area contributed by atoms with Crippen molar-refractivity contribution in [1.82, 2.24) is 10.3 Å². The number of carbonyl (C=O) groups is 2. The maximum atomic E-state index is 13.0. The minimum Gasteiger partial charge on any atom is -0.459 e. The van der Waals surface area contributed by atoms with E-state index in [2.05, 4.69) is 20.9 Å². The molecule has 3 amide bonds. The predicted molar refractivity (Wildman–Crippen MR) is 116 cm³/mol. The molecule has 0 aliphatic rings. The number of oxazole rings is 1. The molecular formula is C23H19FN4O4. The van der Waals surface area contributed by atoms with Crippen molar-refractivity contribution in [3.05, 3.63) is 90.5 Å². The first-order chi connectivity index (χ1) is 15.6. The summed E-state index contributed by atoms with van der Waals surface area (Å²) in [6.07, 6.45) is 3.40. The molecular weight excluding hydrogens is 415 g/mol. The normalized spacial score (nSPS) is 10.5. The Balaban J connectivity index is 1.22. The van der Waals surface area contributed by atoms with Gasteiger partial charge in [0.25, 0.3) is 5.91 Å². The number of urea groups is 1. The number of aromatic nitrogens is 1. The van der Waals surface area contributed by atoms with Gasteiger partial charge in [-0.1, -0.05) is 0 Å². The molecule has 9 heteroatoms. The van der Waals surface area contributed by atoms with Gasteiger partial charge in [0, 0.05) is 29.9 Å². The second kappa shape index (κ2) is 9.61. The molecule has 8 nitrogen and oxygen atoms in total. The van der Waals surface area contributed by atoms with Crippen molar-refractivity contribution in [3.63, 3.8) is 0 Å². The van der Waals surface area contributed by atoms with Crippen LogP contribution >= 0.6 is 0 Å². The zero-order valence-corrected chi connectivity index (χ0v) is 16.8. The summed E-state index contributed by atoms with van der Waals surface area (Å²) >= 11 is 0. The maximum Gasteiger partial charge on any atom is 0.319 e. The quantitative estimate of drug-likeness (QED) is 0.391. The SMILES string of the molecule is O=C(NCCc1coc(-c2ccc(F)cc2)n1)Nc1ccc(NC(=O)c2ccco2)cc1. The number of hydrogen-bond acceptors (Lipinski definition) is 5. The maximum absolute atomic E-state index is 13.0. The molecule has 0 spiro atoms. The highest BCUT2D eigenvalue weighted by Gasteiger charge is 2.10.